The van der Waals surface area contributed by atoms with Gasteiger partial charge in [-0.15, -0.1) is 0 Å². The third kappa shape index (κ3) is 5.29. The predicted octanol–water partition coefficient (Wildman–Crippen LogP) is 1.53. The molecule has 0 aromatic heterocycles. The van der Waals surface area contributed by atoms with Crippen molar-refractivity contribution in [1.82, 2.24) is 10.0 Å². The quantitative estimate of drug-likeness (QED) is 0.692. The first kappa shape index (κ1) is 17.9. The second-order valence-corrected chi connectivity index (χ2v) is 8.35. The molecule has 1 aromatic carbocycles. The van der Waals surface area contributed by atoms with E-state index in [9.17, 15) is 13.2 Å². The number of nitrogens with one attached hydrogen (secondary N) is 2. The Morgan fingerprint density at radius 3 is 2.43 bits per heavy atom. The molecule has 0 spiro atoms. The number of nitrogen functional groups attached to an aromatic ring is 1. The van der Waals surface area contributed by atoms with Gasteiger partial charge in [-0.3, -0.25) is 4.79 Å². The maximum Gasteiger partial charge on any atom is 0.241 e. The molecule has 0 fully saturated rings. The Morgan fingerprint density at radius 1 is 1.33 bits per heavy atom. The number of nitrogens with two attached hydrogens (primary N) is 1. The van der Waals surface area contributed by atoms with Gasteiger partial charge in [-0.1, -0.05) is 0 Å². The van der Waals surface area contributed by atoms with Gasteiger partial charge in [-0.05, 0) is 61.3 Å². The van der Waals surface area contributed by atoms with Crippen LogP contribution in [0, 0.1) is 6.92 Å². The normalized spacial score (nSPS) is 12.2. The van der Waals surface area contributed by atoms with Crippen molar-refractivity contribution in [2.45, 2.75) is 38.1 Å². The predicted molar refractivity (Wildman–Crippen MR) is 86.4 cm³/mol. The molecular formula is C13H20BrN3O3S. The second kappa shape index (κ2) is 6.33. The molecule has 0 heterocycles. The summed E-state index contributed by atoms with van der Waals surface area (Å²) in [6.07, 6.45) is 0. The SMILES string of the molecule is Cc1cc(Br)c(N)cc1S(=O)(=O)NCC(=O)NC(C)(C)C. The molecule has 0 aliphatic carbocycles. The minimum absolute atomic E-state index is 0.0618. The topological polar surface area (TPSA) is 101 Å². The molecule has 1 rings (SSSR count). The summed E-state index contributed by atoms with van der Waals surface area (Å²) in [5.74, 6) is -0.395. The molecule has 0 aliphatic rings. The monoisotopic (exact) mass is 377 g/mol. The second-order valence-electron chi connectivity index (χ2n) is 5.76. The lowest BCUT2D eigenvalue weighted by atomic mass is 10.1. The van der Waals surface area contributed by atoms with Gasteiger partial charge in [0.25, 0.3) is 0 Å². The molecule has 0 saturated heterocycles. The molecule has 1 aromatic rings. The van der Waals surface area contributed by atoms with E-state index >= 15 is 0 Å². The van der Waals surface area contributed by atoms with Crippen LogP contribution in [0.2, 0.25) is 0 Å². The molecule has 4 N–H and O–H groups in total. The first-order chi connectivity index (χ1) is 9.42. The number of halogens is 1. The van der Waals surface area contributed by atoms with E-state index < -0.39 is 21.5 Å². The third-order valence-corrected chi connectivity index (χ3v) is 4.75. The Hall–Kier alpha value is -1.12. The molecule has 6 nitrogen and oxygen atoms in total. The fourth-order valence-electron chi connectivity index (χ4n) is 1.66. The lowest BCUT2D eigenvalue weighted by Gasteiger charge is -2.20. The van der Waals surface area contributed by atoms with Crippen LogP contribution in [0.25, 0.3) is 0 Å². The van der Waals surface area contributed by atoms with Crippen LogP contribution in [0.4, 0.5) is 5.69 Å². The van der Waals surface area contributed by atoms with Gasteiger partial charge in [0.2, 0.25) is 15.9 Å². The number of carbonyl (C=O) groups excluding carboxylic acids is 1. The number of aryl methyl sites for hydroxylation is 1. The lowest BCUT2D eigenvalue weighted by molar-refractivity contribution is -0.121. The highest BCUT2D eigenvalue weighted by Crippen LogP contribution is 2.26. The van der Waals surface area contributed by atoms with E-state index in [4.69, 9.17) is 5.73 Å². The van der Waals surface area contributed by atoms with Gasteiger partial charge in [0.05, 0.1) is 11.4 Å². The average molecular weight is 378 g/mol. The summed E-state index contributed by atoms with van der Waals surface area (Å²) in [4.78, 5) is 11.7. The molecule has 8 heteroatoms. The van der Waals surface area contributed by atoms with Crippen molar-refractivity contribution < 1.29 is 13.2 Å². The van der Waals surface area contributed by atoms with Crippen LogP contribution in [-0.2, 0) is 14.8 Å². The molecule has 118 valence electrons. The van der Waals surface area contributed by atoms with Gasteiger partial charge >= 0.3 is 0 Å². The van der Waals surface area contributed by atoms with Gasteiger partial charge < -0.3 is 11.1 Å². The summed E-state index contributed by atoms with van der Waals surface area (Å²) >= 11 is 3.24. The average Bonchev–Trinajstić information content (AvgIpc) is 2.29. The standard InChI is InChI=1S/C13H20BrN3O3S/c1-8-5-9(14)10(15)6-11(8)21(19,20)16-7-12(18)17-13(2,3)4/h5-6,16H,7,15H2,1-4H3,(H,17,18). The van der Waals surface area contributed by atoms with E-state index in [1.807, 2.05) is 20.8 Å². The molecule has 1 amide bonds. The van der Waals surface area contributed by atoms with Crippen LogP contribution in [0.5, 0.6) is 0 Å². The Morgan fingerprint density at radius 2 is 1.90 bits per heavy atom. The van der Waals surface area contributed by atoms with Crippen molar-refractivity contribution in [2.24, 2.45) is 0 Å². The summed E-state index contributed by atoms with van der Waals surface area (Å²) in [5.41, 5.74) is 6.15. The first-order valence-corrected chi connectivity index (χ1v) is 8.56. The minimum Gasteiger partial charge on any atom is -0.398 e. The van der Waals surface area contributed by atoms with Crippen molar-refractivity contribution >= 4 is 37.5 Å². The Labute approximate surface area is 133 Å². The van der Waals surface area contributed by atoms with E-state index in [-0.39, 0.29) is 11.4 Å². The van der Waals surface area contributed by atoms with Crippen molar-refractivity contribution in [3.8, 4) is 0 Å². The molecule has 0 unspecified atom stereocenters. The lowest BCUT2D eigenvalue weighted by Crippen LogP contribution is -2.45. The molecule has 0 aliphatic heterocycles. The summed E-state index contributed by atoms with van der Waals surface area (Å²) in [5, 5.41) is 2.68. The first-order valence-electron chi connectivity index (χ1n) is 6.29. The molecule has 0 bridgehead atoms. The number of sulfonamides is 1. The highest BCUT2D eigenvalue weighted by atomic mass is 79.9. The molecule has 0 radical (unpaired) electrons. The van der Waals surface area contributed by atoms with Crippen molar-refractivity contribution in [2.75, 3.05) is 12.3 Å². The van der Waals surface area contributed by atoms with Gasteiger partial charge in [-0.25, -0.2) is 13.1 Å². The van der Waals surface area contributed by atoms with Gasteiger partial charge in [0.15, 0.2) is 0 Å². The number of benzene rings is 1. The Bertz CT molecular complexity index is 651. The largest absolute Gasteiger partial charge is 0.398 e. The van der Waals surface area contributed by atoms with Crippen LogP contribution in [-0.4, -0.2) is 26.4 Å². The summed E-state index contributed by atoms with van der Waals surface area (Å²) in [6, 6.07) is 2.99. The molecule has 21 heavy (non-hydrogen) atoms. The fraction of sp³-hybridized carbons (Fsp3) is 0.462. The smallest absolute Gasteiger partial charge is 0.241 e. The zero-order valence-electron chi connectivity index (χ0n) is 12.5. The Balaban J connectivity index is 2.88. The summed E-state index contributed by atoms with van der Waals surface area (Å²) < 4.78 is 27.4. The van der Waals surface area contributed by atoms with Crippen LogP contribution >= 0.6 is 15.9 Å². The number of amides is 1. The summed E-state index contributed by atoms with van der Waals surface area (Å²) in [6.45, 7) is 6.79. The van der Waals surface area contributed by atoms with E-state index in [1.165, 1.54) is 6.07 Å². The van der Waals surface area contributed by atoms with Gasteiger partial charge in [0.1, 0.15) is 0 Å². The molecule has 0 atom stereocenters. The number of anilines is 1. The van der Waals surface area contributed by atoms with Crippen LogP contribution in [0.15, 0.2) is 21.5 Å². The fourth-order valence-corrected chi connectivity index (χ4v) is 3.36. The van der Waals surface area contributed by atoms with Crippen molar-refractivity contribution in [3.05, 3.63) is 22.2 Å². The minimum atomic E-state index is -3.79. The van der Waals surface area contributed by atoms with Crippen molar-refractivity contribution in [3.63, 3.8) is 0 Å². The number of hydrogen-bond donors (Lipinski definition) is 3. The van der Waals surface area contributed by atoms with E-state index in [2.05, 4.69) is 26.0 Å². The summed E-state index contributed by atoms with van der Waals surface area (Å²) in [7, 11) is -3.79. The highest BCUT2D eigenvalue weighted by Gasteiger charge is 2.20. The van der Waals surface area contributed by atoms with Crippen LogP contribution in [0.3, 0.4) is 0 Å². The maximum absolute atomic E-state index is 12.2. The number of hydrogen-bond acceptors (Lipinski definition) is 4. The highest BCUT2D eigenvalue weighted by molar-refractivity contribution is 9.10. The van der Waals surface area contributed by atoms with Gasteiger partial charge in [0, 0.05) is 15.7 Å². The van der Waals surface area contributed by atoms with Gasteiger partial charge in [-0.2, -0.15) is 0 Å². The van der Waals surface area contributed by atoms with E-state index in [1.54, 1.807) is 13.0 Å². The number of carbonyl (C=O) groups is 1. The molecule has 0 saturated carbocycles. The zero-order valence-corrected chi connectivity index (χ0v) is 14.9. The molecular weight excluding hydrogens is 358 g/mol. The number of rotatable bonds is 4. The van der Waals surface area contributed by atoms with E-state index in [0.717, 1.165) is 0 Å². The third-order valence-electron chi connectivity index (χ3n) is 2.52. The van der Waals surface area contributed by atoms with E-state index in [0.29, 0.717) is 15.7 Å². The Kier molecular flexibility index (Phi) is 5.40. The van der Waals surface area contributed by atoms with Crippen LogP contribution < -0.4 is 15.8 Å². The van der Waals surface area contributed by atoms with Crippen molar-refractivity contribution in [1.29, 1.82) is 0 Å². The maximum atomic E-state index is 12.2. The zero-order chi connectivity index (χ0) is 16.4. The van der Waals surface area contributed by atoms with Crippen LogP contribution in [0.1, 0.15) is 26.3 Å².